The summed E-state index contributed by atoms with van der Waals surface area (Å²) in [7, 11) is 0. The number of ketones is 1. The van der Waals surface area contributed by atoms with E-state index in [9.17, 15) is 9.59 Å². The minimum absolute atomic E-state index is 0.0784. The molecule has 1 N–H and O–H groups in total. The SMILES string of the molecule is CC1(C)CC(=O)C2=C(C1)NC(=O)C[C@@H]2c1cccc(Cl)c1Cl. The van der Waals surface area contributed by atoms with Crippen molar-refractivity contribution in [3.63, 3.8) is 0 Å². The number of amides is 1. The first-order valence-electron chi connectivity index (χ1n) is 7.28. The van der Waals surface area contributed by atoms with Gasteiger partial charge in [0.2, 0.25) is 5.91 Å². The standard InChI is InChI=1S/C17H17Cl2NO2/c1-17(2)7-12-15(13(21)8-17)10(6-14(22)20-12)9-4-3-5-11(18)16(9)19/h3-5,10H,6-8H2,1-2H3,(H,20,22)/t10-/m1/s1. The van der Waals surface area contributed by atoms with Crippen LogP contribution in [-0.4, -0.2) is 11.7 Å². The van der Waals surface area contributed by atoms with Crippen molar-refractivity contribution >= 4 is 34.9 Å². The average molecular weight is 338 g/mol. The number of rotatable bonds is 1. The van der Waals surface area contributed by atoms with E-state index in [1.165, 1.54) is 0 Å². The normalized spacial score (nSPS) is 24.1. The van der Waals surface area contributed by atoms with Crippen molar-refractivity contribution in [1.29, 1.82) is 0 Å². The zero-order valence-corrected chi connectivity index (χ0v) is 14.0. The fraction of sp³-hybridized carbons (Fsp3) is 0.412. The summed E-state index contributed by atoms with van der Waals surface area (Å²) in [6, 6.07) is 5.35. The minimum atomic E-state index is -0.307. The Labute approximate surface area is 139 Å². The number of carbonyl (C=O) groups is 2. The predicted octanol–water partition coefficient (Wildman–Crippen LogP) is 4.24. The molecule has 1 aromatic rings. The molecule has 3 nitrogen and oxygen atoms in total. The van der Waals surface area contributed by atoms with E-state index in [4.69, 9.17) is 23.2 Å². The summed E-state index contributed by atoms with van der Waals surface area (Å²) in [4.78, 5) is 24.7. The molecular formula is C17H17Cl2NO2. The third-order valence-corrected chi connectivity index (χ3v) is 5.14. The summed E-state index contributed by atoms with van der Waals surface area (Å²) in [5.41, 5.74) is 2.06. The van der Waals surface area contributed by atoms with E-state index < -0.39 is 0 Å². The van der Waals surface area contributed by atoms with Gasteiger partial charge in [0.05, 0.1) is 10.0 Å². The molecule has 0 saturated carbocycles. The zero-order chi connectivity index (χ0) is 16.1. The number of benzene rings is 1. The fourth-order valence-corrected chi connectivity index (χ4v) is 3.85. The highest BCUT2D eigenvalue weighted by Gasteiger charge is 2.41. The minimum Gasteiger partial charge on any atom is -0.329 e. The van der Waals surface area contributed by atoms with Gasteiger partial charge in [-0.2, -0.15) is 0 Å². The second-order valence-corrected chi connectivity index (χ2v) is 7.57. The number of hydrogen-bond acceptors (Lipinski definition) is 2. The number of carbonyl (C=O) groups excluding carboxylic acids is 2. The van der Waals surface area contributed by atoms with Crippen LogP contribution in [0.2, 0.25) is 10.0 Å². The van der Waals surface area contributed by atoms with E-state index in [0.29, 0.717) is 28.5 Å². The lowest BCUT2D eigenvalue weighted by molar-refractivity contribution is -0.122. The quantitative estimate of drug-likeness (QED) is 0.832. The highest BCUT2D eigenvalue weighted by atomic mass is 35.5. The first-order chi connectivity index (χ1) is 10.3. The topological polar surface area (TPSA) is 46.2 Å². The fourth-order valence-electron chi connectivity index (χ4n) is 3.41. The summed E-state index contributed by atoms with van der Waals surface area (Å²) in [5, 5.41) is 3.75. The number of nitrogens with one attached hydrogen (secondary N) is 1. The van der Waals surface area contributed by atoms with Crippen molar-refractivity contribution < 1.29 is 9.59 Å². The largest absolute Gasteiger partial charge is 0.329 e. The lowest BCUT2D eigenvalue weighted by atomic mass is 9.70. The van der Waals surface area contributed by atoms with Gasteiger partial charge in [-0.25, -0.2) is 0 Å². The van der Waals surface area contributed by atoms with E-state index in [2.05, 4.69) is 5.32 Å². The Morgan fingerprint density at radius 3 is 2.64 bits per heavy atom. The van der Waals surface area contributed by atoms with E-state index in [0.717, 1.165) is 11.3 Å². The van der Waals surface area contributed by atoms with E-state index in [1.807, 2.05) is 19.9 Å². The molecule has 0 fully saturated rings. The first kappa shape index (κ1) is 15.6. The van der Waals surface area contributed by atoms with Crippen LogP contribution in [0.4, 0.5) is 0 Å². The molecule has 116 valence electrons. The number of allylic oxidation sites excluding steroid dienone is 2. The van der Waals surface area contributed by atoms with Gasteiger partial charge in [0.15, 0.2) is 5.78 Å². The third-order valence-electron chi connectivity index (χ3n) is 4.31. The molecule has 0 radical (unpaired) electrons. The Morgan fingerprint density at radius 2 is 1.91 bits per heavy atom. The number of hydrogen-bond donors (Lipinski definition) is 1. The molecule has 1 heterocycles. The lowest BCUT2D eigenvalue weighted by Crippen LogP contribution is -2.40. The summed E-state index contributed by atoms with van der Waals surface area (Å²) >= 11 is 12.4. The van der Waals surface area contributed by atoms with Gasteiger partial charge in [-0.3, -0.25) is 9.59 Å². The smallest absolute Gasteiger partial charge is 0.225 e. The highest BCUT2D eigenvalue weighted by molar-refractivity contribution is 6.42. The zero-order valence-electron chi connectivity index (χ0n) is 12.5. The highest BCUT2D eigenvalue weighted by Crippen LogP contribution is 2.45. The second-order valence-electron chi connectivity index (χ2n) is 6.78. The Kier molecular flexibility index (Phi) is 3.82. The van der Waals surface area contributed by atoms with Gasteiger partial charge in [0.1, 0.15) is 0 Å². The van der Waals surface area contributed by atoms with Crippen LogP contribution in [0.5, 0.6) is 0 Å². The van der Waals surface area contributed by atoms with Gasteiger partial charge in [-0.05, 0) is 23.5 Å². The van der Waals surface area contributed by atoms with Gasteiger partial charge in [0.25, 0.3) is 0 Å². The van der Waals surface area contributed by atoms with Crippen molar-refractivity contribution in [3.05, 3.63) is 45.1 Å². The number of Topliss-reactive ketones (excluding diaryl/α,β-unsaturated/α-hetero) is 1. The van der Waals surface area contributed by atoms with Crippen LogP contribution in [0.25, 0.3) is 0 Å². The molecule has 5 heteroatoms. The molecule has 1 aromatic carbocycles. The monoisotopic (exact) mass is 337 g/mol. The molecule has 0 unspecified atom stereocenters. The van der Waals surface area contributed by atoms with Crippen LogP contribution >= 0.6 is 23.2 Å². The molecule has 0 spiro atoms. The molecule has 1 amide bonds. The summed E-state index contributed by atoms with van der Waals surface area (Å²) in [6.07, 6.45) is 1.40. The Bertz CT molecular complexity index is 707. The van der Waals surface area contributed by atoms with Crippen LogP contribution in [0.1, 0.15) is 44.6 Å². The molecule has 1 atom stereocenters. The predicted molar refractivity (Wildman–Crippen MR) is 87.0 cm³/mol. The molecule has 0 aromatic heterocycles. The molecule has 1 aliphatic heterocycles. The molecule has 0 bridgehead atoms. The van der Waals surface area contributed by atoms with Crippen molar-refractivity contribution in [2.45, 2.75) is 39.0 Å². The maximum atomic E-state index is 12.6. The van der Waals surface area contributed by atoms with Crippen LogP contribution in [-0.2, 0) is 9.59 Å². The Hall–Kier alpha value is -1.32. The van der Waals surface area contributed by atoms with Crippen molar-refractivity contribution in [1.82, 2.24) is 5.32 Å². The van der Waals surface area contributed by atoms with Crippen LogP contribution in [0.15, 0.2) is 29.5 Å². The maximum absolute atomic E-state index is 12.6. The third kappa shape index (κ3) is 2.68. The lowest BCUT2D eigenvalue weighted by Gasteiger charge is -2.38. The van der Waals surface area contributed by atoms with Crippen molar-refractivity contribution in [2.75, 3.05) is 0 Å². The van der Waals surface area contributed by atoms with Gasteiger partial charge in [-0.15, -0.1) is 0 Å². The van der Waals surface area contributed by atoms with Gasteiger partial charge in [-0.1, -0.05) is 49.2 Å². The molecular weight excluding hydrogens is 321 g/mol. The van der Waals surface area contributed by atoms with Gasteiger partial charge < -0.3 is 5.32 Å². The molecule has 22 heavy (non-hydrogen) atoms. The van der Waals surface area contributed by atoms with E-state index in [1.54, 1.807) is 12.1 Å². The van der Waals surface area contributed by atoms with Crippen molar-refractivity contribution in [2.24, 2.45) is 5.41 Å². The van der Waals surface area contributed by atoms with Crippen molar-refractivity contribution in [3.8, 4) is 0 Å². The van der Waals surface area contributed by atoms with Crippen LogP contribution < -0.4 is 5.32 Å². The number of halogens is 2. The van der Waals surface area contributed by atoms with Crippen LogP contribution in [0, 0.1) is 5.41 Å². The average Bonchev–Trinajstić information content (AvgIpc) is 2.39. The summed E-state index contributed by atoms with van der Waals surface area (Å²) in [5.74, 6) is -0.295. The Balaban J connectivity index is 2.13. The first-order valence-corrected chi connectivity index (χ1v) is 8.04. The maximum Gasteiger partial charge on any atom is 0.225 e. The molecule has 1 aliphatic carbocycles. The van der Waals surface area contributed by atoms with Crippen LogP contribution in [0.3, 0.4) is 0 Å². The van der Waals surface area contributed by atoms with Gasteiger partial charge in [0, 0.05) is 30.0 Å². The second kappa shape index (κ2) is 5.39. The van der Waals surface area contributed by atoms with E-state index >= 15 is 0 Å². The Morgan fingerprint density at radius 1 is 1.18 bits per heavy atom. The van der Waals surface area contributed by atoms with E-state index in [-0.39, 0.29) is 29.4 Å². The molecule has 3 rings (SSSR count). The summed E-state index contributed by atoms with van der Waals surface area (Å²) < 4.78 is 0. The van der Waals surface area contributed by atoms with Gasteiger partial charge >= 0.3 is 0 Å². The summed E-state index contributed by atoms with van der Waals surface area (Å²) in [6.45, 7) is 4.08. The molecule has 0 saturated heterocycles. The molecule has 2 aliphatic rings.